The first kappa shape index (κ1) is 47.0. The summed E-state index contributed by atoms with van der Waals surface area (Å²) in [7, 11) is 0. The number of rotatable bonds is 18. The molecule has 11 nitrogen and oxygen atoms in total. The fraction of sp³-hybridized carbons (Fsp3) is 0.388. The van der Waals surface area contributed by atoms with Gasteiger partial charge in [-0.25, -0.2) is 9.97 Å². The number of carbonyl (C=O) groups is 2. The number of hydrogen-bond acceptors (Lipinski definition) is 7. The third kappa shape index (κ3) is 11.4. The van der Waals surface area contributed by atoms with Gasteiger partial charge in [-0.1, -0.05) is 83.0 Å². The first-order chi connectivity index (χ1) is 28.6. The van der Waals surface area contributed by atoms with E-state index in [-0.39, 0.29) is 42.8 Å². The van der Waals surface area contributed by atoms with Gasteiger partial charge >= 0.3 is 29.0 Å². The number of hydroxylamine groups is 1. The fourth-order valence-electron chi connectivity index (χ4n) is 8.03. The molecule has 0 unspecified atom stereocenters. The number of aryl methyl sites for hydroxylation is 2. The predicted octanol–water partition coefficient (Wildman–Crippen LogP) is 10.4. The summed E-state index contributed by atoms with van der Waals surface area (Å²) in [6.07, 6.45) is 12.8. The van der Waals surface area contributed by atoms with E-state index in [1.807, 2.05) is 45.0 Å². The third-order valence-electron chi connectivity index (χ3n) is 11.5. The number of carboxylic acids is 2. The summed E-state index contributed by atoms with van der Waals surface area (Å²) >= 11 is 0. The molecule has 322 valence electrons. The van der Waals surface area contributed by atoms with Crippen molar-refractivity contribution in [2.24, 2.45) is 0 Å². The van der Waals surface area contributed by atoms with Gasteiger partial charge in [-0.3, -0.25) is 14.4 Å². The van der Waals surface area contributed by atoms with Gasteiger partial charge in [-0.05, 0) is 128 Å². The van der Waals surface area contributed by atoms with E-state index in [1.165, 1.54) is 16.7 Å². The minimum Gasteiger partial charge on any atom is -0.657 e. The zero-order valence-electron chi connectivity index (χ0n) is 36.3. The van der Waals surface area contributed by atoms with Crippen LogP contribution in [0.2, 0.25) is 0 Å². The number of aliphatic hydroxyl groups is 1. The number of aliphatic hydroxyl groups excluding tert-OH is 1. The molecule has 3 aliphatic rings. The molecule has 12 heteroatoms. The average molecular weight is 868 g/mol. The van der Waals surface area contributed by atoms with Crippen molar-refractivity contribution in [3.05, 3.63) is 111 Å². The SMILES string of the molecule is C=Cc1c(C)c2cc3nc(cc4[n-]c(cc5nc(cc1[n-]2)C(C)=C5CCC(=O)O)c(CCC(=O)O)c4[C@@H]1NO1)C(C)=C3[C@@H](O)CC/C=C(\C)CC/C=C(\C)CCC=C(C)C.[Fe+2]. The Morgan fingerprint density at radius 2 is 1.33 bits per heavy atom. The van der Waals surface area contributed by atoms with E-state index < -0.39 is 24.3 Å². The zero-order chi connectivity index (χ0) is 43.2. The van der Waals surface area contributed by atoms with Gasteiger partial charge < -0.3 is 25.3 Å². The molecule has 3 aromatic heterocycles. The van der Waals surface area contributed by atoms with Crippen molar-refractivity contribution in [2.45, 2.75) is 125 Å². The molecule has 4 N–H and O–H groups in total. The summed E-state index contributed by atoms with van der Waals surface area (Å²) < 4.78 is 0. The Bertz CT molecular complexity index is 2530. The molecule has 8 bridgehead atoms. The number of nitrogens with one attached hydrogen (secondary N) is 1. The number of fused-ring (bicyclic) bond motifs is 8. The van der Waals surface area contributed by atoms with Crippen LogP contribution in [0, 0.1) is 6.92 Å². The first-order valence-electron chi connectivity index (χ1n) is 20.8. The molecule has 0 radical (unpaired) electrons. The van der Waals surface area contributed by atoms with Gasteiger partial charge in [0, 0.05) is 18.4 Å². The second-order valence-electron chi connectivity index (χ2n) is 16.3. The number of hydrogen-bond donors (Lipinski definition) is 4. The fourth-order valence-corrected chi connectivity index (χ4v) is 8.03. The van der Waals surface area contributed by atoms with Crippen LogP contribution in [0.1, 0.15) is 151 Å². The molecule has 0 saturated carbocycles. The van der Waals surface area contributed by atoms with Crippen LogP contribution in [-0.2, 0) is 37.9 Å². The van der Waals surface area contributed by atoms with E-state index in [2.05, 4.69) is 58.0 Å². The molecule has 0 aliphatic carbocycles. The molecule has 2 atom stereocenters. The molecule has 6 heterocycles. The van der Waals surface area contributed by atoms with E-state index in [1.54, 1.807) is 6.08 Å². The van der Waals surface area contributed by atoms with E-state index in [9.17, 15) is 24.9 Å². The van der Waals surface area contributed by atoms with Crippen LogP contribution in [0.25, 0.3) is 50.4 Å². The Balaban J connectivity index is 0.00000704. The van der Waals surface area contributed by atoms with Crippen molar-refractivity contribution in [2.75, 3.05) is 0 Å². The topological polar surface area (TPSA) is 183 Å². The second-order valence-corrected chi connectivity index (χ2v) is 16.3. The first-order valence-corrected chi connectivity index (χ1v) is 20.8. The quantitative estimate of drug-likeness (QED) is 0.0542. The molecule has 1 saturated heterocycles. The summed E-state index contributed by atoms with van der Waals surface area (Å²) in [5.74, 6) is -1.88. The van der Waals surface area contributed by atoms with Crippen LogP contribution in [0.15, 0.2) is 65.8 Å². The van der Waals surface area contributed by atoms with Crippen molar-refractivity contribution >= 4 is 62.4 Å². The standard InChI is InChI=1S/C49H59N5O6.Fe/c1-9-33-30(6)37-24-42-47(44(55)18-12-17-29(5)16-11-15-28(4)14-10-13-27(2)3)32(8)38(52-42)25-43-48(49-54-60-49)35(20-22-46(58)59)41(53-43)26-40-34(19-21-45(56)57)31(7)36(51-40)23-39(33)50-37;/h9,13,15,17,23-26,44,49,54-55H,1,10-12,14,16,18-22H2,2-8H3,(H4,50,51,52,53,56,57,58,59);/q;+2/p-2/b28-15+,29-17+,36-23?,37-24?,38-25?,39-23?,40-26?,41-26?,42-24?,43-25?;/t44-,49+;/m0./s1. The summed E-state index contributed by atoms with van der Waals surface area (Å²) in [4.78, 5) is 49.4. The van der Waals surface area contributed by atoms with Crippen molar-refractivity contribution in [3.63, 3.8) is 0 Å². The molecule has 6 rings (SSSR count). The summed E-state index contributed by atoms with van der Waals surface area (Å²) in [5.41, 5.74) is 18.0. The smallest absolute Gasteiger partial charge is 0.657 e. The summed E-state index contributed by atoms with van der Waals surface area (Å²) in [6.45, 7) is 18.6. The van der Waals surface area contributed by atoms with Crippen molar-refractivity contribution < 1.29 is 46.8 Å². The summed E-state index contributed by atoms with van der Waals surface area (Å²) in [5, 5.41) is 31.3. The van der Waals surface area contributed by atoms with E-state index in [0.717, 1.165) is 53.5 Å². The minimum atomic E-state index is -0.951. The van der Waals surface area contributed by atoms with Gasteiger partial charge in [-0.15, -0.1) is 22.1 Å². The number of aromatic nitrogens is 4. The normalized spacial score (nSPS) is 15.8. The average Bonchev–Trinajstić information content (AvgIpc) is 3.70. The van der Waals surface area contributed by atoms with Crippen LogP contribution in [0.4, 0.5) is 0 Å². The second kappa shape index (κ2) is 20.6. The van der Waals surface area contributed by atoms with Crippen molar-refractivity contribution in [3.8, 4) is 0 Å². The predicted molar refractivity (Wildman–Crippen MR) is 239 cm³/mol. The Morgan fingerprint density at radius 3 is 1.97 bits per heavy atom. The van der Waals surface area contributed by atoms with Crippen LogP contribution in [0.5, 0.6) is 0 Å². The molecule has 0 amide bonds. The molecule has 61 heavy (non-hydrogen) atoms. The molecular formula is C49H57FeN5O6. The maximum Gasteiger partial charge on any atom is 2.00 e. The Hall–Kier alpha value is -5.10. The van der Waals surface area contributed by atoms with Crippen LogP contribution in [-0.4, -0.2) is 43.3 Å². The molecule has 3 aromatic rings. The summed E-state index contributed by atoms with van der Waals surface area (Å²) in [6, 6.07) is 7.49. The van der Waals surface area contributed by atoms with Gasteiger partial charge in [0.05, 0.1) is 28.9 Å². The van der Waals surface area contributed by atoms with Crippen molar-refractivity contribution in [1.29, 1.82) is 0 Å². The minimum absolute atomic E-state index is 0. The Morgan fingerprint density at radius 1 is 0.770 bits per heavy atom. The van der Waals surface area contributed by atoms with Crippen molar-refractivity contribution in [1.82, 2.24) is 25.4 Å². The van der Waals surface area contributed by atoms with Gasteiger partial charge in [0.15, 0.2) is 6.23 Å². The van der Waals surface area contributed by atoms with Gasteiger partial charge in [0.1, 0.15) is 0 Å². The number of nitrogens with zero attached hydrogens (tertiary/aromatic N) is 4. The maximum atomic E-state index is 11.9. The van der Waals surface area contributed by atoms with Crippen LogP contribution < -0.4 is 15.4 Å². The van der Waals surface area contributed by atoms with Crippen LogP contribution >= 0.6 is 0 Å². The van der Waals surface area contributed by atoms with Gasteiger partial charge in [0.25, 0.3) is 0 Å². The molecular weight excluding hydrogens is 810 g/mol. The zero-order valence-corrected chi connectivity index (χ0v) is 37.4. The Labute approximate surface area is 369 Å². The molecule has 3 aliphatic heterocycles. The largest absolute Gasteiger partial charge is 2.00 e. The van der Waals surface area contributed by atoms with E-state index >= 15 is 0 Å². The molecule has 0 spiro atoms. The monoisotopic (exact) mass is 867 g/mol. The molecule has 1 fully saturated rings. The van der Waals surface area contributed by atoms with E-state index in [4.69, 9.17) is 24.8 Å². The third-order valence-corrected chi connectivity index (χ3v) is 11.5. The number of allylic oxidation sites excluding steroid dienone is 9. The molecule has 0 aromatic carbocycles. The number of carboxylic acid groups (broad SMARTS) is 2. The van der Waals surface area contributed by atoms with E-state index in [0.29, 0.717) is 74.4 Å². The maximum absolute atomic E-state index is 11.9. The Kier molecular flexibility index (Phi) is 15.9. The van der Waals surface area contributed by atoms with Gasteiger partial charge in [-0.2, -0.15) is 5.48 Å². The number of aliphatic carboxylic acids is 2. The van der Waals surface area contributed by atoms with Crippen LogP contribution in [0.3, 0.4) is 0 Å². The van der Waals surface area contributed by atoms with Gasteiger partial charge in [0.2, 0.25) is 0 Å².